The van der Waals surface area contributed by atoms with E-state index in [1.165, 1.54) is 11.3 Å². The van der Waals surface area contributed by atoms with Crippen LogP contribution >= 0.6 is 11.3 Å². The van der Waals surface area contributed by atoms with Gasteiger partial charge in [0, 0.05) is 23.5 Å². The van der Waals surface area contributed by atoms with Gasteiger partial charge in [-0.25, -0.2) is 4.98 Å². The Balaban J connectivity index is 1.88. The number of hydrogen-bond donors (Lipinski definition) is 1. The predicted molar refractivity (Wildman–Crippen MR) is 79.8 cm³/mol. The van der Waals surface area contributed by atoms with Gasteiger partial charge in [-0.3, -0.25) is 10.1 Å². The molecule has 0 bridgehead atoms. The van der Waals surface area contributed by atoms with E-state index in [2.05, 4.69) is 10.3 Å². The van der Waals surface area contributed by atoms with Crippen molar-refractivity contribution in [1.82, 2.24) is 9.55 Å². The molecule has 21 heavy (non-hydrogen) atoms. The predicted octanol–water partition coefficient (Wildman–Crippen LogP) is 2.37. The standard InChI is InChI=1S/C15H13N3O2S/c19-13(17-15-16-6-8-21-15)11-10-5-1-3-9-4-2-7-18(12(9)10)14(11)20/h1,3,5-6,8,20H,2,4,7H2,(H,16,17,19)/p-1. The van der Waals surface area contributed by atoms with Crippen molar-refractivity contribution < 1.29 is 9.90 Å². The lowest BCUT2D eigenvalue weighted by atomic mass is 10.0. The molecule has 1 aliphatic heterocycles. The largest absolute Gasteiger partial charge is 0.859 e. The third kappa shape index (κ3) is 1.83. The summed E-state index contributed by atoms with van der Waals surface area (Å²) in [7, 11) is 0. The molecule has 0 spiro atoms. The third-order valence-electron chi connectivity index (χ3n) is 3.83. The molecule has 4 rings (SSSR count). The van der Waals surface area contributed by atoms with E-state index in [0.29, 0.717) is 11.7 Å². The molecule has 0 unspecified atom stereocenters. The summed E-state index contributed by atoms with van der Waals surface area (Å²) in [5, 5.41) is 18.3. The molecule has 3 aromatic rings. The number of anilines is 1. The van der Waals surface area contributed by atoms with Crippen molar-refractivity contribution in [2.24, 2.45) is 0 Å². The van der Waals surface area contributed by atoms with Crippen molar-refractivity contribution >= 4 is 33.3 Å². The smallest absolute Gasteiger partial charge is 0.258 e. The van der Waals surface area contributed by atoms with Crippen LogP contribution in [0.2, 0.25) is 0 Å². The molecule has 1 aromatic carbocycles. The highest BCUT2D eigenvalue weighted by Crippen LogP contribution is 2.35. The first-order valence-corrected chi connectivity index (χ1v) is 7.65. The number of para-hydroxylation sites is 1. The number of nitrogens with one attached hydrogen (secondary N) is 1. The maximum atomic E-state index is 12.6. The Morgan fingerprint density at radius 3 is 3.14 bits per heavy atom. The van der Waals surface area contributed by atoms with Gasteiger partial charge in [0.2, 0.25) is 0 Å². The summed E-state index contributed by atoms with van der Waals surface area (Å²) < 4.78 is 1.73. The fourth-order valence-electron chi connectivity index (χ4n) is 2.97. The number of aromatic nitrogens is 2. The topological polar surface area (TPSA) is 70.0 Å². The van der Waals surface area contributed by atoms with Crippen LogP contribution in [-0.4, -0.2) is 15.5 Å². The van der Waals surface area contributed by atoms with E-state index in [-0.39, 0.29) is 17.4 Å². The summed E-state index contributed by atoms with van der Waals surface area (Å²) >= 11 is 1.33. The van der Waals surface area contributed by atoms with Gasteiger partial charge in [-0.15, -0.1) is 11.3 Å². The minimum absolute atomic E-state index is 0.203. The van der Waals surface area contributed by atoms with Crippen LogP contribution in [0, 0.1) is 0 Å². The lowest BCUT2D eigenvalue weighted by molar-refractivity contribution is -0.278. The van der Waals surface area contributed by atoms with Gasteiger partial charge in [-0.1, -0.05) is 18.2 Å². The molecule has 2 aromatic heterocycles. The van der Waals surface area contributed by atoms with E-state index < -0.39 is 0 Å². The Morgan fingerprint density at radius 1 is 1.43 bits per heavy atom. The Hall–Kier alpha value is -2.34. The molecular formula is C15H12N3O2S-. The first kappa shape index (κ1) is 12.4. The van der Waals surface area contributed by atoms with E-state index in [4.69, 9.17) is 0 Å². The van der Waals surface area contributed by atoms with Crippen molar-refractivity contribution in [3.63, 3.8) is 0 Å². The minimum atomic E-state index is -0.377. The maximum absolute atomic E-state index is 12.6. The Bertz CT molecular complexity index is 836. The maximum Gasteiger partial charge on any atom is 0.258 e. The second-order valence-corrected chi connectivity index (χ2v) is 5.93. The lowest BCUT2D eigenvalue weighted by Crippen LogP contribution is -2.15. The van der Waals surface area contributed by atoms with E-state index in [0.717, 1.165) is 29.3 Å². The number of thiazole rings is 1. The van der Waals surface area contributed by atoms with Crippen molar-refractivity contribution in [3.8, 4) is 5.88 Å². The molecular weight excluding hydrogens is 286 g/mol. The van der Waals surface area contributed by atoms with Crippen LogP contribution in [0.3, 0.4) is 0 Å². The van der Waals surface area contributed by atoms with Gasteiger partial charge in [0.25, 0.3) is 5.91 Å². The number of rotatable bonds is 2. The summed E-state index contributed by atoms with van der Waals surface area (Å²) in [5.74, 6) is -0.580. The summed E-state index contributed by atoms with van der Waals surface area (Å²) in [6.45, 7) is 0.677. The van der Waals surface area contributed by atoms with Crippen molar-refractivity contribution in [2.75, 3.05) is 5.32 Å². The molecule has 0 saturated heterocycles. The van der Waals surface area contributed by atoms with Crippen molar-refractivity contribution in [2.45, 2.75) is 19.4 Å². The first-order chi connectivity index (χ1) is 10.3. The molecule has 3 heterocycles. The van der Waals surface area contributed by atoms with Crippen LogP contribution in [-0.2, 0) is 13.0 Å². The van der Waals surface area contributed by atoms with Crippen LogP contribution in [0.1, 0.15) is 22.3 Å². The monoisotopic (exact) mass is 298 g/mol. The van der Waals surface area contributed by atoms with E-state index >= 15 is 0 Å². The molecule has 106 valence electrons. The second kappa shape index (κ2) is 4.60. The average molecular weight is 298 g/mol. The van der Waals surface area contributed by atoms with Crippen molar-refractivity contribution in [3.05, 3.63) is 40.9 Å². The molecule has 6 heteroatoms. The van der Waals surface area contributed by atoms with Crippen LogP contribution < -0.4 is 10.4 Å². The fourth-order valence-corrected chi connectivity index (χ4v) is 3.49. The quantitative estimate of drug-likeness (QED) is 0.789. The van der Waals surface area contributed by atoms with Crippen molar-refractivity contribution in [1.29, 1.82) is 0 Å². The number of hydrogen-bond acceptors (Lipinski definition) is 4. The van der Waals surface area contributed by atoms with Crippen LogP contribution in [0.4, 0.5) is 5.13 Å². The molecule has 0 fully saturated rings. The molecule has 1 aliphatic rings. The van der Waals surface area contributed by atoms with Gasteiger partial charge < -0.3 is 9.67 Å². The van der Waals surface area contributed by atoms with Crippen LogP contribution in [0.15, 0.2) is 29.8 Å². The highest BCUT2D eigenvalue weighted by molar-refractivity contribution is 7.13. The highest BCUT2D eigenvalue weighted by Gasteiger charge is 2.21. The Morgan fingerprint density at radius 2 is 2.33 bits per heavy atom. The highest BCUT2D eigenvalue weighted by atomic mass is 32.1. The molecule has 5 nitrogen and oxygen atoms in total. The van der Waals surface area contributed by atoms with E-state index in [9.17, 15) is 9.90 Å². The summed E-state index contributed by atoms with van der Waals surface area (Å²) in [6, 6.07) is 5.78. The van der Waals surface area contributed by atoms with Gasteiger partial charge in [-0.2, -0.15) is 0 Å². The molecule has 1 N–H and O–H groups in total. The van der Waals surface area contributed by atoms with Gasteiger partial charge in [0.15, 0.2) is 5.13 Å². The van der Waals surface area contributed by atoms with Gasteiger partial charge >= 0.3 is 0 Å². The molecule has 1 amide bonds. The zero-order chi connectivity index (χ0) is 14.4. The number of nitrogens with zero attached hydrogens (tertiary/aromatic N) is 2. The molecule has 0 saturated carbocycles. The summed E-state index contributed by atoms with van der Waals surface area (Å²) in [4.78, 5) is 16.5. The zero-order valence-corrected chi connectivity index (χ0v) is 11.9. The SMILES string of the molecule is O=C(Nc1nccs1)c1c([O-])n2c3c(cccc13)CCC2. The molecule has 0 radical (unpaired) electrons. The second-order valence-electron chi connectivity index (χ2n) is 5.04. The minimum Gasteiger partial charge on any atom is -0.859 e. The molecule has 0 aliphatic carbocycles. The fraction of sp³-hybridized carbons (Fsp3) is 0.200. The average Bonchev–Trinajstić information content (AvgIpc) is 3.08. The van der Waals surface area contributed by atoms with Crippen LogP contribution in [0.25, 0.3) is 10.9 Å². The Labute approximate surface area is 124 Å². The first-order valence-electron chi connectivity index (χ1n) is 6.77. The number of aryl methyl sites for hydroxylation is 2. The Kier molecular flexibility index (Phi) is 2.71. The third-order valence-corrected chi connectivity index (χ3v) is 4.51. The van der Waals surface area contributed by atoms with Gasteiger partial charge in [0.05, 0.1) is 11.1 Å². The lowest BCUT2D eigenvalue weighted by Gasteiger charge is -2.20. The van der Waals surface area contributed by atoms with E-state index in [1.54, 1.807) is 16.1 Å². The van der Waals surface area contributed by atoms with E-state index in [1.807, 2.05) is 18.2 Å². The summed E-state index contributed by atoms with van der Waals surface area (Å²) in [6.07, 6.45) is 3.51. The normalized spacial score (nSPS) is 13.5. The number of amides is 1. The number of benzene rings is 1. The number of carbonyl (C=O) groups is 1. The molecule has 0 atom stereocenters. The zero-order valence-electron chi connectivity index (χ0n) is 11.1. The van der Waals surface area contributed by atoms with Gasteiger partial charge in [-0.05, 0) is 24.3 Å². The number of carbonyl (C=O) groups excluding carboxylic acids is 1. The summed E-state index contributed by atoms with van der Waals surface area (Å²) in [5.41, 5.74) is 2.28. The van der Waals surface area contributed by atoms with Gasteiger partial charge in [0.1, 0.15) is 0 Å². The van der Waals surface area contributed by atoms with Crippen LogP contribution in [0.5, 0.6) is 5.88 Å².